The summed E-state index contributed by atoms with van der Waals surface area (Å²) < 4.78 is 13.2. The normalized spacial score (nSPS) is 22.9. The summed E-state index contributed by atoms with van der Waals surface area (Å²) in [7, 11) is 0. The van der Waals surface area contributed by atoms with Crippen LogP contribution in [0.5, 0.6) is 0 Å². The van der Waals surface area contributed by atoms with Crippen LogP contribution in [0.4, 0.5) is 4.39 Å². The second kappa shape index (κ2) is 7.35. The zero-order chi connectivity index (χ0) is 18.9. The molecule has 6 heteroatoms. The molecule has 0 radical (unpaired) electrons. The average Bonchev–Trinajstić information content (AvgIpc) is 3.41. The molecule has 1 unspecified atom stereocenters. The van der Waals surface area contributed by atoms with E-state index in [4.69, 9.17) is 5.73 Å². The van der Waals surface area contributed by atoms with E-state index < -0.39 is 11.3 Å². The molecule has 2 aliphatic rings. The number of amides is 2. The van der Waals surface area contributed by atoms with Gasteiger partial charge in [0, 0.05) is 32.2 Å². The van der Waals surface area contributed by atoms with Gasteiger partial charge < -0.3 is 10.6 Å². The second-order valence-corrected chi connectivity index (χ2v) is 7.96. The van der Waals surface area contributed by atoms with Crippen molar-refractivity contribution in [2.45, 2.75) is 45.7 Å². The molecule has 0 aromatic heterocycles. The maximum atomic E-state index is 13.2. The van der Waals surface area contributed by atoms with Crippen molar-refractivity contribution in [2.75, 3.05) is 19.6 Å². The summed E-state index contributed by atoms with van der Waals surface area (Å²) in [5.41, 5.74) is 5.60. The van der Waals surface area contributed by atoms with Gasteiger partial charge in [-0.25, -0.2) is 4.39 Å². The minimum Gasteiger partial charge on any atom is -0.369 e. The van der Waals surface area contributed by atoms with Gasteiger partial charge in [0.15, 0.2) is 0 Å². The number of nitrogens with two attached hydrogens (primary N) is 1. The van der Waals surface area contributed by atoms with E-state index in [1.54, 1.807) is 0 Å². The van der Waals surface area contributed by atoms with Gasteiger partial charge in [-0.2, -0.15) is 0 Å². The minimum atomic E-state index is -0.951. The van der Waals surface area contributed by atoms with Crippen LogP contribution >= 0.6 is 0 Å². The van der Waals surface area contributed by atoms with Crippen LogP contribution in [0.1, 0.15) is 38.7 Å². The van der Waals surface area contributed by atoms with E-state index in [1.807, 2.05) is 17.0 Å². The molecule has 0 spiro atoms. The third-order valence-corrected chi connectivity index (χ3v) is 5.74. The van der Waals surface area contributed by atoms with Gasteiger partial charge in [-0.3, -0.25) is 14.5 Å². The van der Waals surface area contributed by atoms with Crippen molar-refractivity contribution in [3.8, 4) is 0 Å². The number of carbonyl (C=O) groups is 2. The molecule has 1 aromatic carbocycles. The van der Waals surface area contributed by atoms with Crippen LogP contribution in [-0.2, 0) is 16.1 Å². The van der Waals surface area contributed by atoms with Crippen molar-refractivity contribution in [1.82, 2.24) is 9.80 Å². The van der Waals surface area contributed by atoms with Crippen LogP contribution in [0.3, 0.4) is 0 Å². The van der Waals surface area contributed by atoms with Gasteiger partial charge in [0.25, 0.3) is 0 Å². The Morgan fingerprint density at radius 1 is 1.23 bits per heavy atom. The highest BCUT2D eigenvalue weighted by atomic mass is 19.1. The lowest BCUT2D eigenvalue weighted by molar-refractivity contribution is -0.143. The van der Waals surface area contributed by atoms with Gasteiger partial charge in [-0.05, 0) is 42.9 Å². The van der Waals surface area contributed by atoms with Crippen molar-refractivity contribution in [3.05, 3.63) is 35.6 Å². The van der Waals surface area contributed by atoms with E-state index in [1.165, 1.54) is 12.1 Å². The third kappa shape index (κ3) is 3.75. The summed E-state index contributed by atoms with van der Waals surface area (Å²) in [4.78, 5) is 28.9. The minimum absolute atomic E-state index is 0.0979. The summed E-state index contributed by atoms with van der Waals surface area (Å²) in [6, 6.07) is 6.78. The quantitative estimate of drug-likeness (QED) is 0.817. The van der Waals surface area contributed by atoms with Gasteiger partial charge in [0.1, 0.15) is 11.2 Å². The molecule has 1 aromatic rings. The number of primary amides is 1. The number of rotatable bonds is 5. The number of nitrogens with zero attached hydrogens (tertiary/aromatic N) is 2. The fourth-order valence-electron chi connectivity index (χ4n) is 3.89. The van der Waals surface area contributed by atoms with E-state index in [2.05, 4.69) is 18.7 Å². The molecule has 2 fully saturated rings. The Kier molecular flexibility index (Phi) is 5.32. The maximum absolute atomic E-state index is 13.2. The van der Waals surface area contributed by atoms with Crippen LogP contribution in [-0.4, -0.2) is 47.3 Å². The van der Waals surface area contributed by atoms with Gasteiger partial charge >= 0.3 is 0 Å². The van der Waals surface area contributed by atoms with Crippen LogP contribution in [0.15, 0.2) is 24.3 Å². The molecule has 2 amide bonds. The zero-order valence-corrected chi connectivity index (χ0v) is 15.6. The van der Waals surface area contributed by atoms with Gasteiger partial charge in [0.05, 0.1) is 0 Å². The molecule has 1 atom stereocenters. The second-order valence-electron chi connectivity index (χ2n) is 7.96. The topological polar surface area (TPSA) is 66.6 Å². The monoisotopic (exact) mass is 361 g/mol. The number of halogens is 1. The zero-order valence-electron chi connectivity index (χ0n) is 15.6. The SMILES string of the molecule is CC(C)C1CN(C(=O)C2(C(N)=O)CC2)CCCN1Cc1ccc(F)cc1. The lowest BCUT2D eigenvalue weighted by atomic mass is 9.99. The molecular formula is C20H28FN3O2. The van der Waals surface area contributed by atoms with Gasteiger partial charge in [0.2, 0.25) is 11.8 Å². The Morgan fingerprint density at radius 3 is 2.42 bits per heavy atom. The number of carbonyl (C=O) groups excluding carboxylic acids is 2. The van der Waals surface area contributed by atoms with E-state index in [-0.39, 0.29) is 17.8 Å². The molecule has 1 saturated heterocycles. The third-order valence-electron chi connectivity index (χ3n) is 5.74. The van der Waals surface area contributed by atoms with Crippen molar-refractivity contribution in [2.24, 2.45) is 17.1 Å². The summed E-state index contributed by atoms with van der Waals surface area (Å²) in [6.45, 7) is 7.15. The molecule has 2 N–H and O–H groups in total. The van der Waals surface area contributed by atoms with E-state index >= 15 is 0 Å². The molecular weight excluding hydrogens is 333 g/mol. The lowest BCUT2D eigenvalue weighted by Gasteiger charge is -2.35. The fraction of sp³-hybridized carbons (Fsp3) is 0.600. The van der Waals surface area contributed by atoms with Crippen LogP contribution < -0.4 is 5.73 Å². The van der Waals surface area contributed by atoms with Gasteiger partial charge in [-0.15, -0.1) is 0 Å². The van der Waals surface area contributed by atoms with Gasteiger partial charge in [-0.1, -0.05) is 26.0 Å². The van der Waals surface area contributed by atoms with E-state index in [0.717, 1.165) is 25.1 Å². The molecule has 1 aliphatic heterocycles. The first-order valence-corrected chi connectivity index (χ1v) is 9.41. The molecule has 26 heavy (non-hydrogen) atoms. The average molecular weight is 361 g/mol. The Morgan fingerprint density at radius 2 is 1.88 bits per heavy atom. The summed E-state index contributed by atoms with van der Waals surface area (Å²) in [6.07, 6.45) is 2.00. The molecule has 1 heterocycles. The number of hydrogen-bond acceptors (Lipinski definition) is 3. The highest BCUT2D eigenvalue weighted by Crippen LogP contribution is 2.47. The standard InChI is InChI=1S/C20H28FN3O2/c1-14(2)17-13-24(19(26)20(8-9-20)18(22)25)11-3-10-23(17)12-15-4-6-16(21)7-5-15/h4-7,14,17H,3,8-13H2,1-2H3,(H2,22,25). The van der Waals surface area contributed by atoms with Crippen LogP contribution in [0.2, 0.25) is 0 Å². The largest absolute Gasteiger partial charge is 0.369 e. The van der Waals surface area contributed by atoms with E-state index in [9.17, 15) is 14.0 Å². The summed E-state index contributed by atoms with van der Waals surface area (Å²) in [5.74, 6) is -0.467. The molecule has 1 saturated carbocycles. The summed E-state index contributed by atoms with van der Waals surface area (Å²) >= 11 is 0. The molecule has 5 nitrogen and oxygen atoms in total. The highest BCUT2D eigenvalue weighted by molar-refractivity contribution is 6.07. The van der Waals surface area contributed by atoms with Crippen molar-refractivity contribution < 1.29 is 14.0 Å². The van der Waals surface area contributed by atoms with Crippen LogP contribution in [0.25, 0.3) is 0 Å². The molecule has 142 valence electrons. The predicted molar refractivity (Wildman–Crippen MR) is 97.5 cm³/mol. The first-order chi connectivity index (χ1) is 12.3. The van der Waals surface area contributed by atoms with E-state index in [0.29, 0.717) is 31.8 Å². The Balaban J connectivity index is 1.74. The molecule has 3 rings (SSSR count). The number of hydrogen-bond donors (Lipinski definition) is 1. The maximum Gasteiger partial charge on any atom is 0.238 e. The predicted octanol–water partition coefficient (Wildman–Crippen LogP) is 2.15. The first kappa shape index (κ1) is 18.8. The number of benzene rings is 1. The fourth-order valence-corrected chi connectivity index (χ4v) is 3.89. The lowest BCUT2D eigenvalue weighted by Crippen LogP contribution is -2.49. The first-order valence-electron chi connectivity index (χ1n) is 9.41. The van der Waals surface area contributed by atoms with Crippen LogP contribution in [0, 0.1) is 17.2 Å². The van der Waals surface area contributed by atoms with Crippen molar-refractivity contribution in [3.63, 3.8) is 0 Å². The Bertz CT molecular complexity index is 670. The Labute approximate surface area is 154 Å². The van der Waals surface area contributed by atoms with Crippen molar-refractivity contribution >= 4 is 11.8 Å². The summed E-state index contributed by atoms with van der Waals surface area (Å²) in [5, 5.41) is 0. The molecule has 1 aliphatic carbocycles. The molecule has 0 bridgehead atoms. The smallest absolute Gasteiger partial charge is 0.238 e. The highest BCUT2D eigenvalue weighted by Gasteiger charge is 2.57. The van der Waals surface area contributed by atoms with Crippen molar-refractivity contribution in [1.29, 1.82) is 0 Å². The Hall–Kier alpha value is -1.95.